The summed E-state index contributed by atoms with van der Waals surface area (Å²) in [5.41, 5.74) is 0.658. The van der Waals surface area contributed by atoms with Gasteiger partial charge in [0.15, 0.2) is 11.5 Å². The molecule has 1 aromatic rings. The Morgan fingerprint density at radius 3 is 2.82 bits per heavy atom. The lowest BCUT2D eigenvalue weighted by atomic mass is 10.1. The maximum Gasteiger partial charge on any atom is 0.586 e. The van der Waals surface area contributed by atoms with Crippen LogP contribution in [0.3, 0.4) is 0 Å². The van der Waals surface area contributed by atoms with Crippen LogP contribution in [0.25, 0.3) is 0 Å². The molecule has 1 aromatic carbocycles. The van der Waals surface area contributed by atoms with Crippen molar-refractivity contribution in [3.8, 4) is 11.5 Å². The van der Waals surface area contributed by atoms with Gasteiger partial charge in [-0.25, -0.2) is 0 Å². The Labute approximate surface area is 130 Å². The summed E-state index contributed by atoms with van der Waals surface area (Å²) < 4.78 is 40.1. The lowest BCUT2D eigenvalue weighted by Gasteiger charge is -2.27. The van der Waals surface area contributed by atoms with E-state index in [1.807, 2.05) is 0 Å². The zero-order valence-electron chi connectivity index (χ0n) is 11.6. The molecule has 0 aliphatic carbocycles. The van der Waals surface area contributed by atoms with Gasteiger partial charge in [-0.15, -0.1) is 20.4 Å². The van der Waals surface area contributed by atoms with Gasteiger partial charge in [-0.1, -0.05) is 6.07 Å². The molecule has 1 amide bonds. The Morgan fingerprint density at radius 2 is 2.14 bits per heavy atom. The van der Waals surface area contributed by atoms with Crippen molar-refractivity contribution in [1.29, 1.82) is 0 Å². The highest BCUT2D eigenvalue weighted by molar-refractivity contribution is 6.27. The lowest BCUT2D eigenvalue weighted by Crippen LogP contribution is -2.40. The van der Waals surface area contributed by atoms with Crippen molar-refractivity contribution in [1.82, 2.24) is 4.90 Å². The maximum atomic E-state index is 13.0. The monoisotopic (exact) mass is 333 g/mol. The second-order valence-corrected chi connectivity index (χ2v) is 5.39. The summed E-state index contributed by atoms with van der Waals surface area (Å²) in [6, 6.07) is 4.41. The van der Waals surface area contributed by atoms with Crippen LogP contribution < -0.4 is 9.47 Å². The minimum atomic E-state index is -3.65. The number of nitrogens with zero attached hydrogens (tertiary/aromatic N) is 1. The summed E-state index contributed by atoms with van der Waals surface area (Å²) >= 11 is 5.65. The molecular weight excluding hydrogens is 320 g/mol. The third-order valence-corrected chi connectivity index (χ3v) is 3.83. The Hall–Kier alpha value is -1.60. The van der Waals surface area contributed by atoms with Gasteiger partial charge < -0.3 is 19.1 Å². The average molecular weight is 334 g/mol. The predicted molar refractivity (Wildman–Crippen MR) is 73.1 cm³/mol. The zero-order valence-corrected chi connectivity index (χ0v) is 12.3. The number of hydrogen-bond acceptors (Lipinski definition) is 4. The molecule has 1 atom stereocenters. The number of fused-ring (bicyclic) bond motifs is 1. The van der Waals surface area contributed by atoms with Crippen LogP contribution in [0.5, 0.6) is 11.5 Å². The van der Waals surface area contributed by atoms with E-state index in [1.165, 1.54) is 12.1 Å². The second-order valence-electron chi connectivity index (χ2n) is 5.12. The molecule has 1 fully saturated rings. The minimum absolute atomic E-state index is 0.0202. The normalized spacial score (nSPS) is 21.9. The number of halogens is 3. The van der Waals surface area contributed by atoms with E-state index >= 15 is 0 Å². The van der Waals surface area contributed by atoms with E-state index in [4.69, 9.17) is 16.3 Å². The van der Waals surface area contributed by atoms with E-state index in [2.05, 4.69) is 9.47 Å². The number of amides is 1. The molecule has 2 aliphatic heterocycles. The Morgan fingerprint density at radius 1 is 1.36 bits per heavy atom. The van der Waals surface area contributed by atoms with Crippen molar-refractivity contribution in [2.75, 3.05) is 19.1 Å². The first-order chi connectivity index (χ1) is 10.5. The number of benzene rings is 1. The van der Waals surface area contributed by atoms with Crippen LogP contribution in [0, 0.1) is 0 Å². The topological polar surface area (TPSA) is 48.0 Å². The highest BCUT2D eigenvalue weighted by Crippen LogP contribution is 2.41. The quantitative estimate of drug-likeness (QED) is 0.794. The largest absolute Gasteiger partial charge is 0.586 e. The molecule has 3 rings (SSSR count). The van der Waals surface area contributed by atoms with Gasteiger partial charge in [-0.05, 0) is 24.1 Å². The molecule has 0 saturated carbocycles. The van der Waals surface area contributed by atoms with Crippen molar-refractivity contribution in [3.05, 3.63) is 23.8 Å². The van der Waals surface area contributed by atoms with Crippen molar-refractivity contribution in [2.24, 2.45) is 0 Å². The Bertz CT molecular complexity index is 578. The lowest BCUT2D eigenvalue weighted by molar-refractivity contribution is -0.286. The minimum Gasteiger partial charge on any atom is -0.395 e. The average Bonchev–Trinajstić information content (AvgIpc) is 3.09. The van der Waals surface area contributed by atoms with Crippen LogP contribution >= 0.6 is 11.6 Å². The highest BCUT2D eigenvalue weighted by Gasteiger charge is 2.43. The van der Waals surface area contributed by atoms with Crippen LogP contribution in [0.1, 0.15) is 12.0 Å². The second kappa shape index (κ2) is 5.89. The summed E-state index contributed by atoms with van der Waals surface area (Å²) in [4.78, 5) is 13.6. The number of carbonyl (C=O) groups excluding carboxylic acids is 1. The zero-order chi connectivity index (χ0) is 15.7. The summed E-state index contributed by atoms with van der Waals surface area (Å²) in [6.07, 6.45) is -2.92. The molecule has 120 valence electrons. The number of hydrogen-bond donors (Lipinski definition) is 0. The molecular formula is C14H14ClF2NO4. The number of ether oxygens (including phenoxy) is 3. The van der Waals surface area contributed by atoms with E-state index in [-0.39, 0.29) is 35.9 Å². The van der Waals surface area contributed by atoms with E-state index in [0.717, 1.165) is 6.42 Å². The molecule has 2 heterocycles. The van der Waals surface area contributed by atoms with Crippen molar-refractivity contribution in [3.63, 3.8) is 0 Å². The van der Waals surface area contributed by atoms with Crippen LogP contribution in [0.4, 0.5) is 8.78 Å². The number of carbonyl (C=O) groups is 1. The highest BCUT2D eigenvalue weighted by atomic mass is 35.5. The number of rotatable bonds is 4. The fourth-order valence-corrected chi connectivity index (χ4v) is 2.71. The van der Waals surface area contributed by atoms with Crippen LogP contribution in [0.2, 0.25) is 0 Å². The van der Waals surface area contributed by atoms with Gasteiger partial charge in [-0.2, -0.15) is 0 Å². The maximum absolute atomic E-state index is 13.0. The number of alkyl halides is 3. The first-order valence-corrected chi connectivity index (χ1v) is 7.34. The molecule has 0 N–H and O–H groups in total. The smallest absolute Gasteiger partial charge is 0.395 e. The molecule has 0 bridgehead atoms. The van der Waals surface area contributed by atoms with Crippen LogP contribution in [0.15, 0.2) is 18.2 Å². The van der Waals surface area contributed by atoms with Gasteiger partial charge in [0.05, 0.1) is 12.6 Å². The van der Waals surface area contributed by atoms with E-state index < -0.39 is 6.29 Å². The molecule has 0 aromatic heterocycles. The summed E-state index contributed by atoms with van der Waals surface area (Å²) in [6.45, 7) is 1.29. The summed E-state index contributed by atoms with van der Waals surface area (Å²) in [7, 11) is 0. The molecule has 5 nitrogen and oxygen atoms in total. The van der Waals surface area contributed by atoms with Gasteiger partial charge in [0, 0.05) is 13.2 Å². The summed E-state index contributed by atoms with van der Waals surface area (Å²) in [5.74, 6) is -0.421. The van der Waals surface area contributed by atoms with Crippen molar-refractivity contribution in [2.45, 2.75) is 25.3 Å². The first-order valence-electron chi connectivity index (χ1n) is 6.80. The fraction of sp³-hybridized carbons (Fsp3) is 0.500. The molecule has 0 radical (unpaired) electrons. The third kappa shape index (κ3) is 3.10. The molecule has 22 heavy (non-hydrogen) atoms. The van der Waals surface area contributed by atoms with Crippen LogP contribution in [-0.2, 0) is 16.1 Å². The van der Waals surface area contributed by atoms with E-state index in [0.29, 0.717) is 18.8 Å². The van der Waals surface area contributed by atoms with E-state index in [1.54, 1.807) is 11.0 Å². The molecule has 0 unspecified atom stereocenters. The Kier molecular flexibility index (Phi) is 4.10. The van der Waals surface area contributed by atoms with E-state index in [9.17, 15) is 13.6 Å². The first kappa shape index (κ1) is 15.3. The molecule has 1 saturated heterocycles. The van der Waals surface area contributed by atoms with Crippen LogP contribution in [-0.4, -0.2) is 42.2 Å². The van der Waals surface area contributed by atoms with Gasteiger partial charge in [0.2, 0.25) is 5.91 Å². The Balaban J connectivity index is 1.77. The van der Waals surface area contributed by atoms with Gasteiger partial charge in [0.1, 0.15) is 5.88 Å². The van der Waals surface area contributed by atoms with Crippen molar-refractivity contribution >= 4 is 17.5 Å². The molecule has 2 aliphatic rings. The fourth-order valence-electron chi connectivity index (χ4n) is 2.55. The molecule has 8 heteroatoms. The predicted octanol–water partition coefficient (Wildman–Crippen LogP) is 2.36. The van der Waals surface area contributed by atoms with Gasteiger partial charge >= 0.3 is 6.29 Å². The SMILES string of the molecule is O=C(CCl)N(Cc1ccc2c(c1)OC(F)(F)O2)[C@@H]1CCOC1. The third-order valence-electron chi connectivity index (χ3n) is 3.60. The van der Waals surface area contributed by atoms with Gasteiger partial charge in [-0.3, -0.25) is 4.79 Å². The summed E-state index contributed by atoms with van der Waals surface area (Å²) in [5, 5.41) is 0. The van der Waals surface area contributed by atoms with Gasteiger partial charge in [0.25, 0.3) is 0 Å². The molecule has 0 spiro atoms. The standard InChI is InChI=1S/C14H14ClF2NO4/c15-6-13(19)18(10-3-4-20-8-10)7-9-1-2-11-12(5-9)22-14(16,17)21-11/h1-2,5,10H,3-4,6-8H2/t10-/m1/s1. The van der Waals surface area contributed by atoms with Crippen molar-refractivity contribution < 1.29 is 27.8 Å².